The third-order valence-corrected chi connectivity index (χ3v) is 1.75. The summed E-state index contributed by atoms with van der Waals surface area (Å²) in [4.78, 5) is 7.57. The fourth-order valence-corrected chi connectivity index (χ4v) is 1.06. The van der Waals surface area contributed by atoms with Crippen LogP contribution in [0.2, 0.25) is 0 Å². The van der Waals surface area contributed by atoms with E-state index in [0.29, 0.717) is 5.92 Å². The Bertz CT molecular complexity index is 263. The van der Waals surface area contributed by atoms with E-state index in [1.807, 2.05) is 0 Å². The van der Waals surface area contributed by atoms with E-state index in [0.717, 1.165) is 18.5 Å². The van der Waals surface area contributed by atoms with E-state index in [1.54, 1.807) is 6.07 Å². The van der Waals surface area contributed by atoms with Crippen molar-refractivity contribution in [3.8, 4) is 5.88 Å². The Kier molecular flexibility index (Phi) is 1.21. The summed E-state index contributed by atoms with van der Waals surface area (Å²) < 4.78 is 0. The van der Waals surface area contributed by atoms with Gasteiger partial charge in [-0.3, -0.25) is 0 Å². The van der Waals surface area contributed by atoms with Crippen molar-refractivity contribution in [3.63, 3.8) is 0 Å². The van der Waals surface area contributed by atoms with Gasteiger partial charge in [-0.2, -0.15) is 4.98 Å². The fraction of sp³-hybridized carbons (Fsp3) is 0.429. The molecule has 58 valence electrons. The molecule has 1 aromatic rings. The molecule has 1 aliphatic carbocycles. The summed E-state index contributed by atoms with van der Waals surface area (Å²) >= 11 is 0. The van der Waals surface area contributed by atoms with E-state index < -0.39 is 0 Å². The number of nitrogens with zero attached hydrogens (tertiary/aromatic N) is 2. The zero-order valence-corrected chi connectivity index (χ0v) is 5.99. The highest BCUT2D eigenvalue weighted by Gasteiger charge is 2.25. The minimum Gasteiger partial charge on any atom is -0.493 e. The molecule has 0 saturated heterocycles. The molecular weight excluding hydrogens is 142 g/mol. The van der Waals surface area contributed by atoms with Crippen molar-refractivity contribution >= 4 is 5.95 Å². The molecule has 1 saturated carbocycles. The molecule has 1 heterocycles. The Morgan fingerprint density at radius 1 is 1.45 bits per heavy atom. The Balaban J connectivity index is 2.39. The number of hydrogen-bond acceptors (Lipinski definition) is 4. The molecule has 0 amide bonds. The molecule has 0 unspecified atom stereocenters. The average Bonchev–Trinajstić information content (AvgIpc) is 2.64. The number of rotatable bonds is 1. The van der Waals surface area contributed by atoms with Crippen molar-refractivity contribution in [1.29, 1.82) is 0 Å². The molecule has 0 spiro atoms. The molecule has 0 aromatic carbocycles. The Morgan fingerprint density at radius 3 is 2.73 bits per heavy atom. The smallest absolute Gasteiger partial charge is 0.223 e. The lowest BCUT2D eigenvalue weighted by atomic mass is 10.3. The molecule has 0 radical (unpaired) electrons. The van der Waals surface area contributed by atoms with Gasteiger partial charge < -0.3 is 10.8 Å². The van der Waals surface area contributed by atoms with E-state index in [-0.39, 0.29) is 11.8 Å². The summed E-state index contributed by atoms with van der Waals surface area (Å²) in [6.07, 6.45) is 2.30. The highest BCUT2D eigenvalue weighted by molar-refractivity contribution is 5.28. The number of aromatic nitrogens is 2. The monoisotopic (exact) mass is 151 g/mol. The number of nitrogen functional groups attached to an aromatic ring is 1. The molecule has 3 N–H and O–H groups in total. The molecule has 0 bridgehead atoms. The largest absolute Gasteiger partial charge is 0.493 e. The maximum atomic E-state index is 9.04. The van der Waals surface area contributed by atoms with Crippen molar-refractivity contribution in [2.24, 2.45) is 0 Å². The summed E-state index contributed by atoms with van der Waals surface area (Å²) in [5.41, 5.74) is 6.21. The number of anilines is 1. The second kappa shape index (κ2) is 2.08. The minimum atomic E-state index is -0.0283. The van der Waals surface area contributed by atoms with Gasteiger partial charge in [0.1, 0.15) is 0 Å². The first-order valence-corrected chi connectivity index (χ1v) is 3.59. The van der Waals surface area contributed by atoms with Crippen molar-refractivity contribution in [2.75, 3.05) is 5.73 Å². The molecular formula is C7H9N3O. The quantitative estimate of drug-likeness (QED) is 0.617. The first kappa shape index (κ1) is 6.39. The summed E-state index contributed by atoms with van der Waals surface area (Å²) in [5.74, 6) is 0.637. The van der Waals surface area contributed by atoms with Gasteiger partial charge in [-0.05, 0) is 12.8 Å². The van der Waals surface area contributed by atoms with Crippen LogP contribution < -0.4 is 5.73 Å². The van der Waals surface area contributed by atoms with Gasteiger partial charge in [0.15, 0.2) is 0 Å². The third kappa shape index (κ3) is 1.24. The molecule has 11 heavy (non-hydrogen) atoms. The lowest BCUT2D eigenvalue weighted by Gasteiger charge is -1.98. The van der Waals surface area contributed by atoms with Crippen LogP contribution in [0.15, 0.2) is 6.07 Å². The second-order valence-electron chi connectivity index (χ2n) is 2.78. The third-order valence-electron chi connectivity index (χ3n) is 1.75. The molecule has 0 aliphatic heterocycles. The molecule has 1 aromatic heterocycles. The van der Waals surface area contributed by atoms with Crippen molar-refractivity contribution in [2.45, 2.75) is 18.8 Å². The van der Waals surface area contributed by atoms with Gasteiger partial charge in [-0.25, -0.2) is 4.98 Å². The maximum absolute atomic E-state index is 9.04. The summed E-state index contributed by atoms with van der Waals surface area (Å²) in [7, 11) is 0. The molecule has 2 rings (SSSR count). The van der Waals surface area contributed by atoms with Crippen LogP contribution in [0.4, 0.5) is 5.95 Å². The lowest BCUT2D eigenvalue weighted by Crippen LogP contribution is -1.97. The topological polar surface area (TPSA) is 72.0 Å². The summed E-state index contributed by atoms with van der Waals surface area (Å²) in [5, 5.41) is 9.04. The van der Waals surface area contributed by atoms with Crippen LogP contribution >= 0.6 is 0 Å². The molecule has 4 nitrogen and oxygen atoms in total. The Hall–Kier alpha value is -1.32. The van der Waals surface area contributed by atoms with Crippen molar-refractivity contribution in [1.82, 2.24) is 9.97 Å². The Morgan fingerprint density at radius 2 is 2.18 bits per heavy atom. The molecule has 1 aliphatic rings. The van der Waals surface area contributed by atoms with E-state index >= 15 is 0 Å². The zero-order valence-electron chi connectivity index (χ0n) is 5.99. The lowest BCUT2D eigenvalue weighted by molar-refractivity contribution is 0.452. The minimum absolute atomic E-state index is 0.0283. The summed E-state index contributed by atoms with van der Waals surface area (Å²) in [6, 6.07) is 1.58. The van der Waals surface area contributed by atoms with Gasteiger partial charge in [0.05, 0.1) is 5.69 Å². The standard InChI is InChI=1S/C7H9N3O/c8-7-9-5(4-1-2-4)3-6(11)10-7/h3-4H,1-2H2,(H3,8,9,10,11). The van der Waals surface area contributed by atoms with E-state index in [9.17, 15) is 0 Å². The van der Waals surface area contributed by atoms with Gasteiger partial charge in [0.2, 0.25) is 11.8 Å². The number of hydrogen-bond donors (Lipinski definition) is 2. The van der Waals surface area contributed by atoms with Crippen molar-refractivity contribution < 1.29 is 5.11 Å². The highest BCUT2D eigenvalue weighted by Crippen LogP contribution is 2.39. The van der Waals surface area contributed by atoms with Crippen LogP contribution in [-0.2, 0) is 0 Å². The SMILES string of the molecule is Nc1nc(O)cc(C2CC2)n1. The van der Waals surface area contributed by atoms with Crippen LogP contribution in [0, 0.1) is 0 Å². The molecule has 0 atom stereocenters. The Labute approximate surface area is 64.1 Å². The normalized spacial score (nSPS) is 16.7. The van der Waals surface area contributed by atoms with E-state index in [1.165, 1.54) is 0 Å². The van der Waals surface area contributed by atoms with Crippen LogP contribution in [0.1, 0.15) is 24.5 Å². The number of nitrogens with two attached hydrogens (primary N) is 1. The van der Waals surface area contributed by atoms with Crippen LogP contribution in [-0.4, -0.2) is 15.1 Å². The maximum Gasteiger partial charge on any atom is 0.223 e. The first-order valence-electron chi connectivity index (χ1n) is 3.59. The second-order valence-corrected chi connectivity index (χ2v) is 2.78. The van der Waals surface area contributed by atoms with Gasteiger partial charge in [-0.1, -0.05) is 0 Å². The summed E-state index contributed by atoms with van der Waals surface area (Å²) in [6.45, 7) is 0. The predicted molar refractivity (Wildman–Crippen MR) is 40.1 cm³/mol. The van der Waals surface area contributed by atoms with E-state index in [2.05, 4.69) is 9.97 Å². The van der Waals surface area contributed by atoms with Gasteiger partial charge in [-0.15, -0.1) is 0 Å². The van der Waals surface area contributed by atoms with E-state index in [4.69, 9.17) is 10.8 Å². The van der Waals surface area contributed by atoms with Gasteiger partial charge in [0.25, 0.3) is 0 Å². The van der Waals surface area contributed by atoms with Crippen LogP contribution in [0.5, 0.6) is 5.88 Å². The van der Waals surface area contributed by atoms with Gasteiger partial charge >= 0.3 is 0 Å². The predicted octanol–water partition coefficient (Wildman–Crippen LogP) is 0.642. The van der Waals surface area contributed by atoms with Gasteiger partial charge in [0, 0.05) is 12.0 Å². The zero-order chi connectivity index (χ0) is 7.84. The number of aromatic hydroxyl groups is 1. The van der Waals surface area contributed by atoms with Crippen LogP contribution in [0.3, 0.4) is 0 Å². The average molecular weight is 151 g/mol. The molecule has 4 heteroatoms. The molecule has 1 fully saturated rings. The highest BCUT2D eigenvalue weighted by atomic mass is 16.3. The fourth-order valence-electron chi connectivity index (χ4n) is 1.06. The first-order chi connectivity index (χ1) is 5.25. The van der Waals surface area contributed by atoms with Crippen molar-refractivity contribution in [3.05, 3.63) is 11.8 Å². The van der Waals surface area contributed by atoms with Crippen LogP contribution in [0.25, 0.3) is 0 Å².